The second kappa shape index (κ2) is 14.5. The Morgan fingerprint density at radius 3 is 2.38 bits per heavy atom. The first-order valence-corrected chi connectivity index (χ1v) is 16.9. The number of hydrogen-bond acceptors (Lipinski definition) is 6. The van der Waals surface area contributed by atoms with Crippen molar-refractivity contribution in [3.05, 3.63) is 89.0 Å². The van der Waals surface area contributed by atoms with Gasteiger partial charge in [-0.2, -0.15) is 0 Å². The summed E-state index contributed by atoms with van der Waals surface area (Å²) < 4.78 is 15.4. The summed E-state index contributed by atoms with van der Waals surface area (Å²) in [5.74, 6) is 2.43. The minimum Gasteiger partial charge on any atom is -0.449 e. The van der Waals surface area contributed by atoms with Gasteiger partial charge in [0.25, 0.3) is 0 Å². The van der Waals surface area contributed by atoms with Gasteiger partial charge in [-0.3, -0.25) is 4.90 Å². The van der Waals surface area contributed by atoms with Crippen molar-refractivity contribution in [2.45, 2.75) is 66.5 Å². The number of carboxylic acid groups (broad SMARTS) is 1. The maximum absolute atomic E-state index is 11.2. The molecule has 5 aromatic rings. The molecule has 0 amide bonds. The van der Waals surface area contributed by atoms with E-state index in [9.17, 15) is 9.90 Å². The van der Waals surface area contributed by atoms with E-state index in [0.29, 0.717) is 12.3 Å². The summed E-state index contributed by atoms with van der Waals surface area (Å²) in [6, 6.07) is 20.0. The summed E-state index contributed by atoms with van der Waals surface area (Å²) in [7, 11) is 0. The lowest BCUT2D eigenvalue weighted by atomic mass is 10.0. The predicted molar refractivity (Wildman–Crippen MR) is 185 cm³/mol. The Kier molecular flexibility index (Phi) is 10.0. The van der Waals surface area contributed by atoms with Crippen LogP contribution in [-0.2, 0) is 37.1 Å². The average molecular weight is 636 g/mol. The Hall–Kier alpha value is -4.47. The molecule has 9 nitrogen and oxygen atoms in total. The third kappa shape index (κ3) is 6.96. The van der Waals surface area contributed by atoms with E-state index < -0.39 is 6.16 Å². The lowest BCUT2D eigenvalue weighted by Gasteiger charge is -2.27. The normalized spacial score (nSPS) is 13.8. The Bertz CT molecular complexity index is 1850. The van der Waals surface area contributed by atoms with Gasteiger partial charge in [0, 0.05) is 56.0 Å². The molecule has 9 heteroatoms. The second-order valence-electron chi connectivity index (χ2n) is 12.2. The number of imidazole rings is 2. The van der Waals surface area contributed by atoms with Crippen LogP contribution in [0.15, 0.2) is 60.7 Å². The van der Waals surface area contributed by atoms with Gasteiger partial charge >= 0.3 is 6.16 Å². The van der Waals surface area contributed by atoms with Crippen LogP contribution in [0.4, 0.5) is 4.79 Å². The molecule has 0 radical (unpaired) electrons. The van der Waals surface area contributed by atoms with Gasteiger partial charge in [0.05, 0.1) is 29.9 Å². The number of nitrogens with zero attached hydrogens (tertiary/aromatic N) is 5. The zero-order valence-corrected chi connectivity index (χ0v) is 28.0. The van der Waals surface area contributed by atoms with Crippen LogP contribution in [0.3, 0.4) is 0 Å². The molecule has 1 aliphatic rings. The summed E-state index contributed by atoms with van der Waals surface area (Å²) in [5.41, 5.74) is 9.70. The minimum atomic E-state index is -1.32. The van der Waals surface area contributed by atoms with Crippen molar-refractivity contribution in [1.82, 2.24) is 24.0 Å². The fourth-order valence-electron chi connectivity index (χ4n) is 6.76. The molecule has 0 atom stereocenters. The molecule has 6 rings (SSSR count). The number of hydrogen-bond donors (Lipinski definition) is 1. The Balaban J connectivity index is 1.37. The molecule has 0 saturated carbocycles. The highest BCUT2D eigenvalue weighted by molar-refractivity contribution is 5.85. The largest absolute Gasteiger partial charge is 0.511 e. The zero-order valence-electron chi connectivity index (χ0n) is 28.0. The molecular formula is C38H45N5O4. The molecule has 3 aromatic carbocycles. The van der Waals surface area contributed by atoms with Crippen LogP contribution in [0.5, 0.6) is 5.75 Å². The summed E-state index contributed by atoms with van der Waals surface area (Å²) in [5, 5.41) is 9.19. The number of aryl methyl sites for hydroxylation is 3. The first kappa shape index (κ1) is 32.5. The van der Waals surface area contributed by atoms with Gasteiger partial charge in [-0.05, 0) is 61.1 Å². The van der Waals surface area contributed by atoms with Crippen molar-refractivity contribution in [3.8, 4) is 28.3 Å². The van der Waals surface area contributed by atoms with Gasteiger partial charge in [0.1, 0.15) is 17.4 Å². The van der Waals surface area contributed by atoms with Crippen LogP contribution in [0, 0.1) is 6.92 Å². The molecular weight excluding hydrogens is 590 g/mol. The van der Waals surface area contributed by atoms with Crippen molar-refractivity contribution in [2.24, 2.45) is 0 Å². The molecule has 246 valence electrons. The van der Waals surface area contributed by atoms with E-state index in [0.717, 1.165) is 116 Å². The van der Waals surface area contributed by atoms with E-state index in [-0.39, 0.29) is 0 Å². The molecule has 0 aliphatic carbocycles. The number of ether oxygens (including phenoxy) is 2. The smallest absolute Gasteiger partial charge is 0.449 e. The van der Waals surface area contributed by atoms with Crippen molar-refractivity contribution in [2.75, 3.05) is 32.8 Å². The maximum Gasteiger partial charge on any atom is 0.511 e. The van der Waals surface area contributed by atoms with E-state index in [1.807, 2.05) is 24.3 Å². The fourth-order valence-corrected chi connectivity index (χ4v) is 6.76. The number of rotatable bonds is 12. The van der Waals surface area contributed by atoms with E-state index in [2.05, 4.69) is 66.0 Å². The molecule has 0 unspecified atom stereocenters. The molecule has 0 bridgehead atoms. The molecule has 1 N–H and O–H groups in total. The van der Waals surface area contributed by atoms with Crippen LogP contribution in [-0.4, -0.2) is 68.1 Å². The molecule has 1 saturated heterocycles. The first-order chi connectivity index (χ1) is 22.9. The third-order valence-electron chi connectivity index (χ3n) is 9.11. The van der Waals surface area contributed by atoms with Gasteiger partial charge < -0.3 is 23.7 Å². The first-order valence-electron chi connectivity index (χ1n) is 16.9. The quantitative estimate of drug-likeness (QED) is 0.113. The van der Waals surface area contributed by atoms with Gasteiger partial charge in [-0.15, -0.1) is 0 Å². The number of aromatic nitrogens is 4. The standard InChI is InChI=1S/C38H45N5O4/c1-5-10-35-40-36-26(4)23-29(37-39-31(6-2)32(7-3)42(37)18-17-41-19-21-46-22-20-41)24-33(36)43(35)25-27-13-15-28(16-14-27)30-11-8-9-12-34(30)47-38(44)45/h8-9,11-16,23-24H,5-7,10,17-22,25H2,1-4H3,(H,44,45). The molecule has 1 fully saturated rings. The molecule has 0 spiro atoms. The molecule has 47 heavy (non-hydrogen) atoms. The zero-order chi connectivity index (χ0) is 32.9. The molecule has 2 aromatic heterocycles. The lowest BCUT2D eigenvalue weighted by Crippen LogP contribution is -2.38. The van der Waals surface area contributed by atoms with Crippen LogP contribution in [0.25, 0.3) is 33.5 Å². The van der Waals surface area contributed by atoms with Crippen LogP contribution in [0.1, 0.15) is 55.5 Å². The fraction of sp³-hybridized carbons (Fsp3) is 0.395. The number of benzene rings is 3. The second-order valence-corrected chi connectivity index (χ2v) is 12.2. The summed E-state index contributed by atoms with van der Waals surface area (Å²) in [6.45, 7) is 14.9. The van der Waals surface area contributed by atoms with Crippen molar-refractivity contribution in [3.63, 3.8) is 0 Å². The highest BCUT2D eigenvalue weighted by Crippen LogP contribution is 2.33. The monoisotopic (exact) mass is 635 g/mol. The van der Waals surface area contributed by atoms with Crippen molar-refractivity contribution in [1.29, 1.82) is 0 Å². The van der Waals surface area contributed by atoms with Crippen molar-refractivity contribution >= 4 is 17.2 Å². The number of carbonyl (C=O) groups is 1. The molecule has 1 aliphatic heterocycles. The SMILES string of the molecule is CCCc1nc2c(C)cc(-c3nc(CC)c(CC)n3CCN3CCOCC3)cc2n1Cc1ccc(-c2ccccc2OC(=O)O)cc1. The van der Waals surface area contributed by atoms with E-state index in [1.165, 1.54) is 11.4 Å². The topological polar surface area (TPSA) is 94.6 Å². The van der Waals surface area contributed by atoms with Crippen molar-refractivity contribution < 1.29 is 19.4 Å². The van der Waals surface area contributed by atoms with E-state index >= 15 is 0 Å². The van der Waals surface area contributed by atoms with Crippen LogP contribution >= 0.6 is 0 Å². The summed E-state index contributed by atoms with van der Waals surface area (Å²) in [6.07, 6.45) is 2.41. The Morgan fingerprint density at radius 1 is 0.915 bits per heavy atom. The van der Waals surface area contributed by atoms with Gasteiger partial charge in [0.2, 0.25) is 0 Å². The third-order valence-corrected chi connectivity index (χ3v) is 9.11. The number of fused-ring (bicyclic) bond motifs is 1. The Labute approximate surface area is 276 Å². The Morgan fingerprint density at radius 2 is 1.68 bits per heavy atom. The van der Waals surface area contributed by atoms with Gasteiger partial charge in [0.15, 0.2) is 0 Å². The summed E-state index contributed by atoms with van der Waals surface area (Å²) >= 11 is 0. The highest BCUT2D eigenvalue weighted by atomic mass is 16.7. The highest BCUT2D eigenvalue weighted by Gasteiger charge is 2.21. The number of morpholine rings is 1. The van der Waals surface area contributed by atoms with Gasteiger partial charge in [-0.1, -0.05) is 63.2 Å². The maximum atomic E-state index is 11.2. The van der Waals surface area contributed by atoms with E-state index in [4.69, 9.17) is 19.4 Å². The van der Waals surface area contributed by atoms with Crippen LogP contribution in [0.2, 0.25) is 0 Å². The predicted octanol–water partition coefficient (Wildman–Crippen LogP) is 7.39. The number of para-hydroxylation sites is 1. The van der Waals surface area contributed by atoms with E-state index in [1.54, 1.807) is 12.1 Å². The lowest BCUT2D eigenvalue weighted by molar-refractivity contribution is 0.0363. The minimum absolute atomic E-state index is 0.322. The van der Waals surface area contributed by atoms with Crippen LogP contribution < -0.4 is 4.74 Å². The molecule has 3 heterocycles. The summed E-state index contributed by atoms with van der Waals surface area (Å²) in [4.78, 5) is 24.1. The van der Waals surface area contributed by atoms with Gasteiger partial charge in [-0.25, -0.2) is 14.8 Å². The average Bonchev–Trinajstić information content (AvgIpc) is 3.62.